The van der Waals surface area contributed by atoms with Gasteiger partial charge in [0.2, 0.25) is 0 Å². The standard InChI is InChI=1S/C17H19N3O/c1-13(17-9-6-10-21-17)18-11-16-12-19-14(2)20(16)15-7-4-3-5-8-15/h3-10,12-13,18H,11H2,1-2H3. The van der Waals surface area contributed by atoms with Gasteiger partial charge in [-0.25, -0.2) is 4.98 Å². The van der Waals surface area contributed by atoms with Gasteiger partial charge >= 0.3 is 0 Å². The van der Waals surface area contributed by atoms with E-state index in [-0.39, 0.29) is 6.04 Å². The lowest BCUT2D eigenvalue weighted by atomic mass is 10.2. The highest BCUT2D eigenvalue weighted by molar-refractivity contribution is 5.35. The third kappa shape index (κ3) is 2.90. The number of hydrogen-bond acceptors (Lipinski definition) is 3. The molecule has 21 heavy (non-hydrogen) atoms. The summed E-state index contributed by atoms with van der Waals surface area (Å²) in [7, 11) is 0. The Hall–Kier alpha value is -2.33. The lowest BCUT2D eigenvalue weighted by Crippen LogP contribution is -2.19. The van der Waals surface area contributed by atoms with Crippen LogP contribution >= 0.6 is 0 Å². The third-order valence-corrected chi connectivity index (χ3v) is 3.58. The van der Waals surface area contributed by atoms with Crippen molar-refractivity contribution in [2.24, 2.45) is 0 Å². The molecule has 0 amide bonds. The summed E-state index contributed by atoms with van der Waals surface area (Å²) in [5.41, 5.74) is 2.27. The van der Waals surface area contributed by atoms with Gasteiger partial charge in [0.05, 0.1) is 24.2 Å². The van der Waals surface area contributed by atoms with Crippen LogP contribution in [0.15, 0.2) is 59.3 Å². The number of aromatic nitrogens is 2. The average Bonchev–Trinajstić information content (AvgIpc) is 3.15. The molecule has 4 nitrogen and oxygen atoms in total. The minimum Gasteiger partial charge on any atom is -0.468 e. The van der Waals surface area contributed by atoms with Crippen LogP contribution in [0.2, 0.25) is 0 Å². The molecule has 0 aliphatic rings. The van der Waals surface area contributed by atoms with Crippen LogP contribution < -0.4 is 5.32 Å². The van der Waals surface area contributed by atoms with Crippen LogP contribution in [-0.4, -0.2) is 9.55 Å². The quantitative estimate of drug-likeness (QED) is 0.776. The second-order valence-corrected chi connectivity index (χ2v) is 5.09. The van der Waals surface area contributed by atoms with Gasteiger partial charge in [-0.05, 0) is 38.1 Å². The van der Waals surface area contributed by atoms with E-state index in [2.05, 4.69) is 33.9 Å². The highest BCUT2D eigenvalue weighted by atomic mass is 16.3. The van der Waals surface area contributed by atoms with Crippen molar-refractivity contribution in [3.05, 3.63) is 72.2 Å². The van der Waals surface area contributed by atoms with E-state index in [9.17, 15) is 0 Å². The zero-order valence-corrected chi connectivity index (χ0v) is 12.3. The summed E-state index contributed by atoms with van der Waals surface area (Å²) in [6.45, 7) is 4.85. The van der Waals surface area contributed by atoms with E-state index >= 15 is 0 Å². The number of nitrogens with zero attached hydrogens (tertiary/aromatic N) is 2. The van der Waals surface area contributed by atoms with Crippen LogP contribution in [-0.2, 0) is 6.54 Å². The van der Waals surface area contributed by atoms with Crippen LogP contribution in [0.25, 0.3) is 5.69 Å². The van der Waals surface area contributed by atoms with Crippen LogP contribution in [0, 0.1) is 6.92 Å². The van der Waals surface area contributed by atoms with E-state index in [1.165, 1.54) is 0 Å². The fourth-order valence-corrected chi connectivity index (χ4v) is 2.44. The number of hydrogen-bond donors (Lipinski definition) is 1. The van der Waals surface area contributed by atoms with Crippen molar-refractivity contribution in [3.8, 4) is 5.69 Å². The Balaban J connectivity index is 1.78. The molecule has 0 bridgehead atoms. The molecule has 1 unspecified atom stereocenters. The molecule has 0 saturated heterocycles. The summed E-state index contributed by atoms with van der Waals surface area (Å²) >= 11 is 0. The van der Waals surface area contributed by atoms with Crippen molar-refractivity contribution in [2.75, 3.05) is 0 Å². The van der Waals surface area contributed by atoms with Gasteiger partial charge in [0, 0.05) is 12.2 Å². The molecular weight excluding hydrogens is 262 g/mol. The zero-order valence-electron chi connectivity index (χ0n) is 12.3. The second-order valence-electron chi connectivity index (χ2n) is 5.09. The largest absolute Gasteiger partial charge is 0.468 e. The highest BCUT2D eigenvalue weighted by Crippen LogP contribution is 2.17. The smallest absolute Gasteiger partial charge is 0.120 e. The van der Waals surface area contributed by atoms with E-state index < -0.39 is 0 Å². The lowest BCUT2D eigenvalue weighted by molar-refractivity contribution is 0.428. The Bertz CT molecular complexity index is 686. The average molecular weight is 281 g/mol. The van der Waals surface area contributed by atoms with Gasteiger partial charge in [-0.3, -0.25) is 4.57 Å². The Kier molecular flexibility index (Phi) is 3.88. The molecule has 0 saturated carbocycles. The first kappa shape index (κ1) is 13.6. The first-order valence-electron chi connectivity index (χ1n) is 7.11. The maximum atomic E-state index is 5.42. The van der Waals surface area contributed by atoms with Crippen molar-refractivity contribution in [1.29, 1.82) is 0 Å². The summed E-state index contributed by atoms with van der Waals surface area (Å²) in [6.07, 6.45) is 3.62. The van der Waals surface area contributed by atoms with E-state index in [0.717, 1.165) is 29.5 Å². The maximum Gasteiger partial charge on any atom is 0.120 e. The summed E-state index contributed by atoms with van der Waals surface area (Å²) in [6, 6.07) is 14.3. The Morgan fingerprint density at radius 3 is 2.71 bits per heavy atom. The molecule has 0 spiro atoms. The van der Waals surface area contributed by atoms with Crippen LogP contribution in [0.4, 0.5) is 0 Å². The SMILES string of the molecule is Cc1ncc(CNC(C)c2ccco2)n1-c1ccccc1. The van der Waals surface area contributed by atoms with Crippen LogP contribution in [0.3, 0.4) is 0 Å². The molecule has 0 aliphatic heterocycles. The van der Waals surface area contributed by atoms with Crippen molar-refractivity contribution < 1.29 is 4.42 Å². The molecular formula is C17H19N3O. The minimum atomic E-state index is 0.166. The van der Waals surface area contributed by atoms with Crippen molar-refractivity contribution in [3.63, 3.8) is 0 Å². The molecule has 0 fully saturated rings. The summed E-state index contributed by atoms with van der Waals surface area (Å²) in [5.74, 6) is 1.93. The number of aryl methyl sites for hydroxylation is 1. The Morgan fingerprint density at radius 2 is 2.00 bits per heavy atom. The molecule has 1 atom stereocenters. The molecule has 4 heteroatoms. The zero-order chi connectivity index (χ0) is 14.7. The molecule has 2 heterocycles. The predicted octanol–water partition coefficient (Wildman–Crippen LogP) is 3.62. The number of imidazole rings is 1. The maximum absolute atomic E-state index is 5.42. The Labute approximate surface area is 124 Å². The monoisotopic (exact) mass is 281 g/mol. The minimum absolute atomic E-state index is 0.166. The molecule has 108 valence electrons. The van der Waals surface area contributed by atoms with Gasteiger partial charge in [-0.15, -0.1) is 0 Å². The molecule has 1 aromatic carbocycles. The predicted molar refractivity (Wildman–Crippen MR) is 82.3 cm³/mol. The first-order chi connectivity index (χ1) is 10.3. The normalized spacial score (nSPS) is 12.5. The van der Waals surface area contributed by atoms with Gasteiger partial charge < -0.3 is 9.73 Å². The highest BCUT2D eigenvalue weighted by Gasteiger charge is 2.11. The third-order valence-electron chi connectivity index (χ3n) is 3.58. The van der Waals surface area contributed by atoms with Crippen molar-refractivity contribution in [1.82, 2.24) is 14.9 Å². The summed E-state index contributed by atoms with van der Waals surface area (Å²) in [5, 5.41) is 3.47. The van der Waals surface area contributed by atoms with Gasteiger partial charge in [0.1, 0.15) is 11.6 Å². The molecule has 0 aliphatic carbocycles. The van der Waals surface area contributed by atoms with E-state index in [0.29, 0.717) is 0 Å². The first-order valence-corrected chi connectivity index (χ1v) is 7.11. The fraction of sp³-hybridized carbons (Fsp3) is 0.235. The van der Waals surface area contributed by atoms with Gasteiger partial charge in [0.15, 0.2) is 0 Å². The van der Waals surface area contributed by atoms with Gasteiger partial charge in [-0.2, -0.15) is 0 Å². The van der Waals surface area contributed by atoms with E-state index in [4.69, 9.17) is 4.42 Å². The fourth-order valence-electron chi connectivity index (χ4n) is 2.44. The molecule has 3 aromatic rings. The number of nitrogens with one attached hydrogen (secondary N) is 1. The molecule has 1 N–H and O–H groups in total. The summed E-state index contributed by atoms with van der Waals surface area (Å²) < 4.78 is 7.59. The number of para-hydroxylation sites is 1. The van der Waals surface area contributed by atoms with Gasteiger partial charge in [-0.1, -0.05) is 18.2 Å². The lowest BCUT2D eigenvalue weighted by Gasteiger charge is -2.14. The number of furan rings is 1. The number of rotatable bonds is 5. The van der Waals surface area contributed by atoms with Crippen molar-refractivity contribution in [2.45, 2.75) is 26.4 Å². The van der Waals surface area contributed by atoms with Crippen LogP contribution in [0.5, 0.6) is 0 Å². The number of benzene rings is 1. The summed E-state index contributed by atoms with van der Waals surface area (Å²) in [4.78, 5) is 4.43. The second kappa shape index (κ2) is 5.97. The molecule has 3 rings (SSSR count). The van der Waals surface area contributed by atoms with Crippen molar-refractivity contribution >= 4 is 0 Å². The van der Waals surface area contributed by atoms with Gasteiger partial charge in [0.25, 0.3) is 0 Å². The topological polar surface area (TPSA) is 43.0 Å². The van der Waals surface area contributed by atoms with E-state index in [1.54, 1.807) is 6.26 Å². The molecule has 2 aromatic heterocycles. The van der Waals surface area contributed by atoms with E-state index in [1.807, 2.05) is 43.5 Å². The molecule has 0 radical (unpaired) electrons. The Morgan fingerprint density at radius 1 is 1.19 bits per heavy atom. The van der Waals surface area contributed by atoms with Crippen LogP contribution in [0.1, 0.15) is 30.2 Å².